The van der Waals surface area contributed by atoms with Crippen molar-refractivity contribution in [2.75, 3.05) is 46.5 Å². The van der Waals surface area contributed by atoms with Crippen molar-refractivity contribution in [1.82, 2.24) is 15.5 Å². The first kappa shape index (κ1) is 21.1. The number of guanidine groups is 1. The number of nitrogens with zero attached hydrogens (tertiary/aromatic N) is 2. The van der Waals surface area contributed by atoms with Gasteiger partial charge in [-0.15, -0.1) is 0 Å². The normalized spacial score (nSPS) is 20.9. The van der Waals surface area contributed by atoms with Crippen LogP contribution in [0.3, 0.4) is 0 Å². The molecule has 6 heteroatoms. The van der Waals surface area contributed by atoms with Gasteiger partial charge in [0.1, 0.15) is 0 Å². The summed E-state index contributed by atoms with van der Waals surface area (Å²) in [6.07, 6.45) is 4.02. The van der Waals surface area contributed by atoms with E-state index >= 15 is 0 Å². The van der Waals surface area contributed by atoms with Crippen LogP contribution in [0.4, 0.5) is 0 Å². The molecule has 1 aliphatic heterocycles. The first-order valence-electron chi connectivity index (χ1n) is 10.7. The fraction of sp³-hybridized carbons (Fsp3) is 0.682. The fourth-order valence-corrected chi connectivity index (χ4v) is 3.45. The minimum Gasteiger partial charge on any atom is -0.381 e. The van der Waals surface area contributed by atoms with Gasteiger partial charge in [-0.3, -0.25) is 9.89 Å². The Morgan fingerprint density at radius 2 is 2.14 bits per heavy atom. The lowest BCUT2D eigenvalue weighted by molar-refractivity contribution is -0.0212. The smallest absolute Gasteiger partial charge is 0.191 e. The molecule has 0 bridgehead atoms. The average Bonchev–Trinajstić information content (AvgIpc) is 3.51. The Bertz CT molecular complexity index is 618. The number of nitrogens with one attached hydrogen (secondary N) is 2. The van der Waals surface area contributed by atoms with Crippen LogP contribution < -0.4 is 10.6 Å². The molecule has 3 rings (SSSR count). The molecule has 2 N–H and O–H groups in total. The molecule has 1 aliphatic carbocycles. The van der Waals surface area contributed by atoms with Crippen LogP contribution in [0.25, 0.3) is 0 Å². The molecule has 0 aromatic heterocycles. The van der Waals surface area contributed by atoms with E-state index in [9.17, 15) is 0 Å². The lowest BCUT2D eigenvalue weighted by Crippen LogP contribution is -2.40. The van der Waals surface area contributed by atoms with Gasteiger partial charge in [0.15, 0.2) is 5.96 Å². The third-order valence-electron chi connectivity index (χ3n) is 5.21. The monoisotopic (exact) mass is 388 g/mol. The van der Waals surface area contributed by atoms with Gasteiger partial charge in [-0.1, -0.05) is 24.3 Å². The van der Waals surface area contributed by atoms with Crippen LogP contribution in [-0.2, 0) is 22.6 Å². The first-order valence-corrected chi connectivity index (χ1v) is 10.7. The standard InChI is InChI=1S/C22H36N4O2/c1-18-15-26(10-12-28-18)16-21-6-3-5-20(13-21)14-25-22(23-2)24-9-4-11-27-17-19-7-8-19/h3,5-6,13,18-19H,4,7-12,14-17H2,1-2H3,(H2,23,24,25). The van der Waals surface area contributed by atoms with Crippen molar-refractivity contribution in [3.05, 3.63) is 35.4 Å². The fourth-order valence-electron chi connectivity index (χ4n) is 3.45. The maximum absolute atomic E-state index is 5.67. The summed E-state index contributed by atoms with van der Waals surface area (Å²) in [7, 11) is 1.81. The van der Waals surface area contributed by atoms with E-state index in [1.54, 1.807) is 0 Å². The molecule has 1 aromatic rings. The van der Waals surface area contributed by atoms with E-state index in [-0.39, 0.29) is 0 Å². The van der Waals surface area contributed by atoms with E-state index in [2.05, 4.69) is 51.7 Å². The second-order valence-corrected chi connectivity index (χ2v) is 7.96. The zero-order valence-corrected chi connectivity index (χ0v) is 17.5. The molecule has 1 saturated carbocycles. The predicted molar refractivity (Wildman–Crippen MR) is 113 cm³/mol. The first-order chi connectivity index (χ1) is 13.7. The van der Waals surface area contributed by atoms with Gasteiger partial charge in [0.05, 0.1) is 12.7 Å². The van der Waals surface area contributed by atoms with Crippen molar-refractivity contribution >= 4 is 5.96 Å². The molecule has 156 valence electrons. The summed E-state index contributed by atoms with van der Waals surface area (Å²) in [5.74, 6) is 1.68. The van der Waals surface area contributed by atoms with E-state index in [4.69, 9.17) is 9.47 Å². The summed E-state index contributed by atoms with van der Waals surface area (Å²) in [5, 5.41) is 6.77. The van der Waals surface area contributed by atoms with E-state index in [1.165, 1.54) is 24.0 Å². The number of hydrogen-bond acceptors (Lipinski definition) is 4. The average molecular weight is 389 g/mol. The van der Waals surface area contributed by atoms with Gasteiger partial charge in [0.2, 0.25) is 0 Å². The molecule has 0 amide bonds. The van der Waals surface area contributed by atoms with Gasteiger partial charge in [-0.05, 0) is 43.2 Å². The molecular formula is C22H36N4O2. The third kappa shape index (κ3) is 7.78. The molecule has 1 unspecified atom stereocenters. The molecule has 0 spiro atoms. The Kier molecular flexibility index (Phi) is 8.58. The van der Waals surface area contributed by atoms with Crippen molar-refractivity contribution in [1.29, 1.82) is 0 Å². The van der Waals surface area contributed by atoms with E-state index in [0.717, 1.165) is 70.8 Å². The summed E-state index contributed by atoms with van der Waals surface area (Å²) in [5.41, 5.74) is 2.62. The topological polar surface area (TPSA) is 58.1 Å². The molecule has 1 atom stereocenters. The SMILES string of the molecule is CN=C(NCCCOCC1CC1)NCc1cccc(CN2CCOC(C)C2)c1. The molecular weight excluding hydrogens is 352 g/mol. The highest BCUT2D eigenvalue weighted by molar-refractivity contribution is 5.79. The Balaban J connectivity index is 1.35. The highest BCUT2D eigenvalue weighted by Gasteiger charge is 2.20. The van der Waals surface area contributed by atoms with Crippen LogP contribution in [0.2, 0.25) is 0 Å². The molecule has 28 heavy (non-hydrogen) atoms. The predicted octanol–water partition coefficient (Wildman–Crippen LogP) is 2.39. The van der Waals surface area contributed by atoms with Gasteiger partial charge in [-0.2, -0.15) is 0 Å². The van der Waals surface area contributed by atoms with Gasteiger partial charge < -0.3 is 20.1 Å². The van der Waals surface area contributed by atoms with Gasteiger partial charge in [0, 0.05) is 53.0 Å². The molecule has 2 aliphatic rings. The summed E-state index contributed by atoms with van der Waals surface area (Å²) in [6, 6.07) is 8.80. The Labute approximate surface area is 169 Å². The molecule has 6 nitrogen and oxygen atoms in total. The van der Waals surface area contributed by atoms with Gasteiger partial charge in [0.25, 0.3) is 0 Å². The zero-order chi connectivity index (χ0) is 19.6. The van der Waals surface area contributed by atoms with Crippen molar-refractivity contribution in [3.8, 4) is 0 Å². The minimum absolute atomic E-state index is 0.326. The Morgan fingerprint density at radius 1 is 1.29 bits per heavy atom. The van der Waals surface area contributed by atoms with Crippen LogP contribution in [0.15, 0.2) is 29.3 Å². The Hall–Kier alpha value is -1.63. The number of hydrogen-bond donors (Lipinski definition) is 2. The zero-order valence-electron chi connectivity index (χ0n) is 17.5. The summed E-state index contributed by atoms with van der Waals surface area (Å²) in [4.78, 5) is 6.78. The number of morpholine rings is 1. The highest BCUT2D eigenvalue weighted by Crippen LogP contribution is 2.28. The molecule has 2 fully saturated rings. The lowest BCUT2D eigenvalue weighted by atomic mass is 10.1. The molecule has 1 heterocycles. The van der Waals surface area contributed by atoms with E-state index in [1.807, 2.05) is 7.05 Å². The van der Waals surface area contributed by atoms with Crippen LogP contribution in [0.1, 0.15) is 37.3 Å². The highest BCUT2D eigenvalue weighted by atomic mass is 16.5. The summed E-state index contributed by atoms with van der Waals surface area (Å²) < 4.78 is 11.3. The van der Waals surface area contributed by atoms with Crippen molar-refractivity contribution in [2.24, 2.45) is 10.9 Å². The van der Waals surface area contributed by atoms with Crippen molar-refractivity contribution in [3.63, 3.8) is 0 Å². The molecule has 1 aromatic carbocycles. The summed E-state index contributed by atoms with van der Waals surface area (Å²) >= 11 is 0. The quantitative estimate of drug-likeness (QED) is 0.366. The van der Waals surface area contributed by atoms with Crippen LogP contribution >= 0.6 is 0 Å². The molecule has 0 radical (unpaired) electrons. The largest absolute Gasteiger partial charge is 0.381 e. The van der Waals surface area contributed by atoms with Crippen LogP contribution in [-0.4, -0.2) is 63.5 Å². The van der Waals surface area contributed by atoms with Crippen LogP contribution in [0, 0.1) is 5.92 Å². The van der Waals surface area contributed by atoms with E-state index in [0.29, 0.717) is 6.10 Å². The third-order valence-corrected chi connectivity index (χ3v) is 5.21. The van der Waals surface area contributed by atoms with Gasteiger partial charge in [-0.25, -0.2) is 0 Å². The second kappa shape index (κ2) is 11.4. The second-order valence-electron chi connectivity index (χ2n) is 7.96. The number of rotatable bonds is 10. The minimum atomic E-state index is 0.326. The van der Waals surface area contributed by atoms with Crippen molar-refractivity contribution < 1.29 is 9.47 Å². The Morgan fingerprint density at radius 3 is 2.93 bits per heavy atom. The lowest BCUT2D eigenvalue weighted by Gasteiger charge is -2.31. The molecule has 1 saturated heterocycles. The van der Waals surface area contributed by atoms with Gasteiger partial charge >= 0.3 is 0 Å². The number of aliphatic imine (C=N–C) groups is 1. The van der Waals surface area contributed by atoms with E-state index < -0.39 is 0 Å². The summed E-state index contributed by atoms with van der Waals surface area (Å²) in [6.45, 7) is 9.37. The number of ether oxygens (including phenoxy) is 2. The maximum atomic E-state index is 5.67. The maximum Gasteiger partial charge on any atom is 0.191 e. The van der Waals surface area contributed by atoms with Crippen LogP contribution in [0.5, 0.6) is 0 Å². The van der Waals surface area contributed by atoms with Crippen molar-refractivity contribution in [2.45, 2.75) is 45.4 Å². The number of benzene rings is 1.